The highest BCUT2D eigenvalue weighted by Crippen LogP contribution is 2.45. The summed E-state index contributed by atoms with van der Waals surface area (Å²) in [4.78, 5) is 11.3. The number of aromatic amines is 1. The molecule has 1 aliphatic carbocycles. The Balaban J connectivity index is 1.69. The molecule has 2 aromatic rings. The molecule has 6 nitrogen and oxygen atoms in total. The SMILES string of the molecule is CC1CC1c1noc([C@@H](N)Cc2cnc[nH]2)n1. The van der Waals surface area contributed by atoms with Crippen molar-refractivity contribution >= 4 is 0 Å². The van der Waals surface area contributed by atoms with Gasteiger partial charge in [-0.3, -0.25) is 0 Å². The minimum absolute atomic E-state index is 0.272. The molecule has 0 aromatic carbocycles. The number of hydrogen-bond donors (Lipinski definition) is 2. The molecule has 2 heterocycles. The Labute approximate surface area is 98.6 Å². The molecule has 1 aliphatic rings. The Kier molecular flexibility index (Phi) is 2.44. The third-order valence-corrected chi connectivity index (χ3v) is 3.21. The topological polar surface area (TPSA) is 93.6 Å². The predicted molar refractivity (Wildman–Crippen MR) is 60.0 cm³/mol. The van der Waals surface area contributed by atoms with E-state index in [0.717, 1.165) is 17.9 Å². The van der Waals surface area contributed by atoms with Crippen LogP contribution >= 0.6 is 0 Å². The van der Waals surface area contributed by atoms with Crippen LogP contribution in [-0.2, 0) is 6.42 Å². The van der Waals surface area contributed by atoms with Crippen LogP contribution in [0.4, 0.5) is 0 Å². The molecule has 90 valence electrons. The second kappa shape index (κ2) is 3.96. The Morgan fingerprint density at radius 3 is 3.12 bits per heavy atom. The van der Waals surface area contributed by atoms with Crippen molar-refractivity contribution in [3.8, 4) is 0 Å². The van der Waals surface area contributed by atoms with Gasteiger partial charge in [-0.2, -0.15) is 4.98 Å². The first kappa shape index (κ1) is 10.5. The number of rotatable bonds is 4. The lowest BCUT2D eigenvalue weighted by Gasteiger charge is -2.03. The minimum Gasteiger partial charge on any atom is -0.348 e. The van der Waals surface area contributed by atoms with Gasteiger partial charge in [-0.15, -0.1) is 0 Å². The summed E-state index contributed by atoms with van der Waals surface area (Å²) in [6, 6.07) is -0.272. The van der Waals surface area contributed by atoms with Crippen molar-refractivity contribution in [2.24, 2.45) is 11.7 Å². The Morgan fingerprint density at radius 1 is 1.65 bits per heavy atom. The van der Waals surface area contributed by atoms with Gasteiger partial charge in [-0.1, -0.05) is 12.1 Å². The summed E-state index contributed by atoms with van der Waals surface area (Å²) >= 11 is 0. The lowest BCUT2D eigenvalue weighted by Crippen LogP contribution is -2.14. The fourth-order valence-electron chi connectivity index (χ4n) is 1.95. The molecule has 2 unspecified atom stereocenters. The minimum atomic E-state index is -0.272. The van der Waals surface area contributed by atoms with Crippen LogP contribution in [0, 0.1) is 5.92 Å². The number of nitrogens with zero attached hydrogens (tertiary/aromatic N) is 3. The highest BCUT2D eigenvalue weighted by atomic mass is 16.5. The smallest absolute Gasteiger partial charge is 0.243 e. The molecule has 3 N–H and O–H groups in total. The van der Waals surface area contributed by atoms with E-state index in [9.17, 15) is 0 Å². The molecule has 6 heteroatoms. The van der Waals surface area contributed by atoms with Crippen LogP contribution in [0.1, 0.15) is 42.7 Å². The molecule has 1 fully saturated rings. The molecule has 3 rings (SSSR count). The van der Waals surface area contributed by atoms with E-state index in [0.29, 0.717) is 24.1 Å². The van der Waals surface area contributed by atoms with E-state index in [2.05, 4.69) is 27.0 Å². The lowest BCUT2D eigenvalue weighted by molar-refractivity contribution is 0.349. The van der Waals surface area contributed by atoms with Crippen LogP contribution in [-0.4, -0.2) is 20.1 Å². The maximum Gasteiger partial charge on any atom is 0.243 e. The fraction of sp³-hybridized carbons (Fsp3) is 0.545. The summed E-state index contributed by atoms with van der Waals surface area (Å²) in [6.45, 7) is 2.19. The van der Waals surface area contributed by atoms with E-state index >= 15 is 0 Å². The number of H-pyrrole nitrogens is 1. The van der Waals surface area contributed by atoms with Gasteiger partial charge < -0.3 is 15.2 Å². The van der Waals surface area contributed by atoms with Crippen molar-refractivity contribution in [2.45, 2.75) is 31.7 Å². The highest BCUT2D eigenvalue weighted by molar-refractivity contribution is 5.09. The van der Waals surface area contributed by atoms with Gasteiger partial charge in [0.05, 0.1) is 12.4 Å². The molecule has 0 spiro atoms. The normalized spacial score (nSPS) is 24.8. The Bertz CT molecular complexity index is 492. The summed E-state index contributed by atoms with van der Waals surface area (Å²) < 4.78 is 5.20. The van der Waals surface area contributed by atoms with Crippen molar-refractivity contribution in [3.05, 3.63) is 29.9 Å². The first-order valence-electron chi connectivity index (χ1n) is 5.80. The molecule has 17 heavy (non-hydrogen) atoms. The fourth-order valence-corrected chi connectivity index (χ4v) is 1.95. The molecule has 0 bridgehead atoms. The van der Waals surface area contributed by atoms with Crippen LogP contribution in [0.5, 0.6) is 0 Å². The van der Waals surface area contributed by atoms with Gasteiger partial charge in [0.25, 0.3) is 0 Å². The summed E-state index contributed by atoms with van der Waals surface area (Å²) in [5.41, 5.74) is 6.98. The Hall–Kier alpha value is -1.69. The van der Waals surface area contributed by atoms with Gasteiger partial charge in [-0.05, 0) is 12.3 Å². The number of hydrogen-bond acceptors (Lipinski definition) is 5. The van der Waals surface area contributed by atoms with Gasteiger partial charge in [0.1, 0.15) is 0 Å². The molecule has 1 saturated carbocycles. The third kappa shape index (κ3) is 2.08. The maximum atomic E-state index is 6.01. The number of imidazole rings is 1. The highest BCUT2D eigenvalue weighted by Gasteiger charge is 2.38. The van der Waals surface area contributed by atoms with E-state index < -0.39 is 0 Å². The summed E-state index contributed by atoms with van der Waals surface area (Å²) in [6.07, 6.45) is 5.16. The molecular weight excluding hydrogens is 218 g/mol. The van der Waals surface area contributed by atoms with Crippen LogP contribution in [0.3, 0.4) is 0 Å². The third-order valence-electron chi connectivity index (χ3n) is 3.21. The molecule has 3 atom stereocenters. The zero-order chi connectivity index (χ0) is 11.8. The molecular formula is C11H15N5O. The quantitative estimate of drug-likeness (QED) is 0.826. The number of nitrogens with one attached hydrogen (secondary N) is 1. The Morgan fingerprint density at radius 2 is 2.47 bits per heavy atom. The molecule has 0 aliphatic heterocycles. The van der Waals surface area contributed by atoms with Gasteiger partial charge in [-0.25, -0.2) is 4.98 Å². The van der Waals surface area contributed by atoms with E-state index in [1.165, 1.54) is 0 Å². The lowest BCUT2D eigenvalue weighted by atomic mass is 10.2. The largest absolute Gasteiger partial charge is 0.348 e. The van der Waals surface area contributed by atoms with Crippen molar-refractivity contribution in [1.82, 2.24) is 20.1 Å². The first-order valence-corrected chi connectivity index (χ1v) is 5.80. The van der Waals surface area contributed by atoms with E-state index in [4.69, 9.17) is 10.3 Å². The zero-order valence-electron chi connectivity index (χ0n) is 9.63. The second-order valence-corrected chi connectivity index (χ2v) is 4.70. The van der Waals surface area contributed by atoms with Gasteiger partial charge in [0, 0.05) is 24.2 Å². The van der Waals surface area contributed by atoms with Crippen molar-refractivity contribution in [3.63, 3.8) is 0 Å². The summed E-state index contributed by atoms with van der Waals surface area (Å²) in [5.74, 6) is 2.44. The zero-order valence-corrected chi connectivity index (χ0v) is 9.63. The molecule has 0 amide bonds. The molecule has 0 radical (unpaired) electrons. The van der Waals surface area contributed by atoms with Crippen molar-refractivity contribution in [1.29, 1.82) is 0 Å². The maximum absolute atomic E-state index is 6.01. The number of nitrogens with two attached hydrogens (primary N) is 1. The van der Waals surface area contributed by atoms with Crippen LogP contribution in [0.2, 0.25) is 0 Å². The van der Waals surface area contributed by atoms with Gasteiger partial charge in [0.2, 0.25) is 5.89 Å². The van der Waals surface area contributed by atoms with Crippen molar-refractivity contribution in [2.75, 3.05) is 0 Å². The van der Waals surface area contributed by atoms with Crippen LogP contribution in [0.15, 0.2) is 17.0 Å². The predicted octanol–water partition coefficient (Wildman–Crippen LogP) is 1.16. The van der Waals surface area contributed by atoms with Crippen LogP contribution < -0.4 is 5.73 Å². The van der Waals surface area contributed by atoms with Crippen molar-refractivity contribution < 1.29 is 4.52 Å². The van der Waals surface area contributed by atoms with Crippen LogP contribution in [0.25, 0.3) is 0 Å². The monoisotopic (exact) mass is 233 g/mol. The van der Waals surface area contributed by atoms with E-state index in [1.54, 1.807) is 12.5 Å². The average Bonchev–Trinajstić information content (AvgIpc) is 2.79. The molecule has 2 aromatic heterocycles. The molecule has 0 saturated heterocycles. The second-order valence-electron chi connectivity index (χ2n) is 4.70. The van der Waals surface area contributed by atoms with Gasteiger partial charge >= 0.3 is 0 Å². The number of aromatic nitrogens is 4. The van der Waals surface area contributed by atoms with Gasteiger partial charge in [0.15, 0.2) is 5.82 Å². The standard InChI is InChI=1S/C11H15N5O/c1-6-2-8(6)10-15-11(17-16-10)9(12)3-7-4-13-5-14-7/h4-6,8-9H,2-3,12H2,1H3,(H,13,14)/t6?,8?,9-/m0/s1. The van der Waals surface area contributed by atoms with E-state index in [1.807, 2.05) is 0 Å². The summed E-state index contributed by atoms with van der Waals surface area (Å²) in [5, 5.41) is 3.99. The van der Waals surface area contributed by atoms with E-state index in [-0.39, 0.29) is 6.04 Å². The summed E-state index contributed by atoms with van der Waals surface area (Å²) in [7, 11) is 0. The average molecular weight is 233 g/mol. The first-order chi connectivity index (χ1) is 8.24.